The van der Waals surface area contributed by atoms with Crippen LogP contribution in [0.3, 0.4) is 0 Å². The molecule has 1 amide bonds. The summed E-state index contributed by atoms with van der Waals surface area (Å²) in [5.41, 5.74) is 2.32. The molecule has 1 aromatic heterocycles. The Bertz CT molecular complexity index is 1110. The maximum Gasteiger partial charge on any atom is 0.410 e. The highest BCUT2D eigenvalue weighted by atomic mass is 35.5. The molecular weight excluding hydrogens is 441 g/mol. The summed E-state index contributed by atoms with van der Waals surface area (Å²) in [5.74, 6) is -0.647. The van der Waals surface area contributed by atoms with Crippen molar-refractivity contribution in [3.05, 3.63) is 82.0 Å². The summed E-state index contributed by atoms with van der Waals surface area (Å²) >= 11 is 6.39. The molecule has 32 heavy (non-hydrogen) atoms. The molecule has 2 heterocycles. The van der Waals surface area contributed by atoms with Crippen molar-refractivity contribution in [2.75, 3.05) is 5.32 Å². The van der Waals surface area contributed by atoms with Crippen molar-refractivity contribution in [2.24, 2.45) is 0 Å². The van der Waals surface area contributed by atoms with Gasteiger partial charge in [-0.25, -0.2) is 4.68 Å². The average Bonchev–Trinajstić information content (AvgIpc) is 3.10. The summed E-state index contributed by atoms with van der Waals surface area (Å²) in [7, 11) is 0. The van der Waals surface area contributed by atoms with Crippen molar-refractivity contribution in [1.82, 2.24) is 15.1 Å². The molecule has 0 spiro atoms. The molecule has 3 aromatic rings. The van der Waals surface area contributed by atoms with Crippen LogP contribution in [0, 0.1) is 6.92 Å². The zero-order chi connectivity index (χ0) is 23.0. The number of alkyl halides is 3. The van der Waals surface area contributed by atoms with E-state index in [4.69, 9.17) is 11.6 Å². The monoisotopic (exact) mass is 462 g/mol. The van der Waals surface area contributed by atoms with Gasteiger partial charge in [0.25, 0.3) is 5.91 Å². The standard InChI is InChI=1S/C23H22ClF3N4O/c1-13-8-10-16(11-9-13)17-12-18(23(25,26)27)31-21(29-17)19(24)20(30-31)22(32)28-14(2)15-6-4-3-5-7-15/h3-11,14,17-18,29H,12H2,1-2H3,(H,28,32)/t14-,17-,18+/m0/s1. The molecular formula is C23H22ClF3N4O. The van der Waals surface area contributed by atoms with Crippen LogP contribution in [0.2, 0.25) is 5.02 Å². The lowest BCUT2D eigenvalue weighted by Crippen LogP contribution is -2.36. The molecule has 2 aromatic carbocycles. The molecule has 0 radical (unpaired) electrons. The lowest BCUT2D eigenvalue weighted by molar-refractivity contribution is -0.173. The molecule has 5 nitrogen and oxygen atoms in total. The van der Waals surface area contributed by atoms with Crippen molar-refractivity contribution < 1.29 is 18.0 Å². The molecule has 9 heteroatoms. The van der Waals surface area contributed by atoms with Crippen LogP contribution in [0.5, 0.6) is 0 Å². The van der Waals surface area contributed by atoms with Crippen molar-refractivity contribution in [2.45, 2.75) is 44.6 Å². The van der Waals surface area contributed by atoms with Gasteiger partial charge in [-0.05, 0) is 25.0 Å². The van der Waals surface area contributed by atoms with Crippen LogP contribution in [-0.4, -0.2) is 21.9 Å². The number of aryl methyl sites for hydroxylation is 1. The minimum absolute atomic E-state index is 0.0108. The summed E-state index contributed by atoms with van der Waals surface area (Å²) in [5, 5.41) is 9.66. The molecule has 0 saturated carbocycles. The third kappa shape index (κ3) is 4.32. The topological polar surface area (TPSA) is 59.0 Å². The van der Waals surface area contributed by atoms with E-state index in [-0.39, 0.29) is 29.0 Å². The lowest BCUT2D eigenvalue weighted by atomic mass is 9.96. The van der Waals surface area contributed by atoms with Gasteiger partial charge in [0.05, 0.1) is 12.1 Å². The number of fused-ring (bicyclic) bond motifs is 1. The van der Waals surface area contributed by atoms with Crippen LogP contribution in [0.1, 0.15) is 58.6 Å². The number of halogens is 4. The van der Waals surface area contributed by atoms with Gasteiger partial charge in [0.2, 0.25) is 0 Å². The zero-order valence-corrected chi connectivity index (χ0v) is 18.2. The highest BCUT2D eigenvalue weighted by molar-refractivity contribution is 6.36. The first-order valence-electron chi connectivity index (χ1n) is 10.2. The van der Waals surface area contributed by atoms with E-state index in [9.17, 15) is 18.0 Å². The van der Waals surface area contributed by atoms with Crippen LogP contribution in [0.25, 0.3) is 0 Å². The SMILES string of the molecule is Cc1ccc([C@@H]2C[C@H](C(F)(F)F)n3nc(C(=O)N[C@@H](C)c4ccccc4)c(Cl)c3N2)cc1. The van der Waals surface area contributed by atoms with Gasteiger partial charge in [-0.2, -0.15) is 18.3 Å². The molecule has 1 aliphatic rings. The Kier molecular flexibility index (Phi) is 5.90. The number of rotatable bonds is 4. The summed E-state index contributed by atoms with van der Waals surface area (Å²) < 4.78 is 42.5. The Balaban J connectivity index is 1.66. The van der Waals surface area contributed by atoms with Crippen LogP contribution in [-0.2, 0) is 0 Å². The molecule has 2 N–H and O–H groups in total. The first kappa shape index (κ1) is 22.2. The number of anilines is 1. The van der Waals surface area contributed by atoms with Gasteiger partial charge in [-0.15, -0.1) is 0 Å². The number of nitrogens with zero attached hydrogens (tertiary/aromatic N) is 2. The van der Waals surface area contributed by atoms with Crippen LogP contribution in [0.15, 0.2) is 54.6 Å². The van der Waals surface area contributed by atoms with Gasteiger partial charge >= 0.3 is 6.18 Å². The highest BCUT2D eigenvalue weighted by Crippen LogP contribution is 2.46. The average molecular weight is 463 g/mol. The van der Waals surface area contributed by atoms with E-state index in [1.54, 1.807) is 19.1 Å². The number of benzene rings is 2. The van der Waals surface area contributed by atoms with Crippen LogP contribution < -0.4 is 10.6 Å². The predicted octanol–water partition coefficient (Wildman–Crippen LogP) is 6.00. The summed E-state index contributed by atoms with van der Waals surface area (Å²) in [6.07, 6.45) is -4.82. The van der Waals surface area contributed by atoms with Gasteiger partial charge < -0.3 is 10.6 Å². The van der Waals surface area contributed by atoms with Crippen LogP contribution >= 0.6 is 11.6 Å². The Hall–Kier alpha value is -3.00. The molecule has 0 fully saturated rings. The van der Waals surface area contributed by atoms with E-state index in [1.807, 2.05) is 49.4 Å². The molecule has 4 rings (SSSR count). The maximum atomic E-state index is 13.9. The zero-order valence-electron chi connectivity index (χ0n) is 17.4. The largest absolute Gasteiger partial charge is 0.410 e. The molecule has 0 saturated heterocycles. The lowest BCUT2D eigenvalue weighted by Gasteiger charge is -2.33. The van der Waals surface area contributed by atoms with E-state index >= 15 is 0 Å². The number of nitrogens with one attached hydrogen (secondary N) is 2. The van der Waals surface area contributed by atoms with E-state index in [1.165, 1.54) is 0 Å². The van der Waals surface area contributed by atoms with Crippen molar-refractivity contribution in [1.29, 1.82) is 0 Å². The fraction of sp³-hybridized carbons (Fsp3) is 0.304. The second-order valence-electron chi connectivity index (χ2n) is 7.96. The number of amides is 1. The molecule has 3 atom stereocenters. The van der Waals surface area contributed by atoms with E-state index in [2.05, 4.69) is 15.7 Å². The van der Waals surface area contributed by atoms with E-state index in [0.717, 1.165) is 15.8 Å². The summed E-state index contributed by atoms with van der Waals surface area (Å²) in [6, 6.07) is 13.6. The smallest absolute Gasteiger partial charge is 0.362 e. The van der Waals surface area contributed by atoms with Crippen LogP contribution in [0.4, 0.5) is 19.0 Å². The van der Waals surface area contributed by atoms with Crippen molar-refractivity contribution in [3.63, 3.8) is 0 Å². The third-order valence-electron chi connectivity index (χ3n) is 5.64. The quantitative estimate of drug-likeness (QED) is 0.500. The minimum atomic E-state index is -4.56. The first-order valence-corrected chi connectivity index (χ1v) is 10.6. The van der Waals surface area contributed by atoms with Gasteiger partial charge in [-0.3, -0.25) is 4.79 Å². The fourth-order valence-electron chi connectivity index (χ4n) is 3.84. The summed E-state index contributed by atoms with van der Waals surface area (Å²) in [6.45, 7) is 3.69. The number of hydrogen-bond donors (Lipinski definition) is 2. The second-order valence-corrected chi connectivity index (χ2v) is 8.34. The Morgan fingerprint density at radius 2 is 1.84 bits per heavy atom. The second kappa shape index (κ2) is 8.50. The molecule has 0 bridgehead atoms. The third-order valence-corrected chi connectivity index (χ3v) is 6.00. The highest BCUT2D eigenvalue weighted by Gasteiger charge is 2.47. The summed E-state index contributed by atoms with van der Waals surface area (Å²) in [4.78, 5) is 12.8. The number of carbonyl (C=O) groups excluding carboxylic acids is 1. The normalized spacial score (nSPS) is 19.1. The molecule has 0 unspecified atom stereocenters. The van der Waals surface area contributed by atoms with Crippen molar-refractivity contribution >= 4 is 23.3 Å². The first-order chi connectivity index (χ1) is 15.1. The maximum absolute atomic E-state index is 13.9. The van der Waals surface area contributed by atoms with Gasteiger partial charge in [0.15, 0.2) is 11.7 Å². The van der Waals surface area contributed by atoms with Gasteiger partial charge in [0.1, 0.15) is 10.8 Å². The Labute approximate surface area is 188 Å². The van der Waals surface area contributed by atoms with E-state index < -0.39 is 24.2 Å². The molecule has 1 aliphatic heterocycles. The Morgan fingerprint density at radius 3 is 2.47 bits per heavy atom. The number of hydrogen-bond acceptors (Lipinski definition) is 3. The molecule has 0 aliphatic carbocycles. The van der Waals surface area contributed by atoms with Gasteiger partial charge in [0, 0.05) is 6.42 Å². The fourth-order valence-corrected chi connectivity index (χ4v) is 4.11. The van der Waals surface area contributed by atoms with Gasteiger partial charge in [-0.1, -0.05) is 71.8 Å². The minimum Gasteiger partial charge on any atom is -0.362 e. The van der Waals surface area contributed by atoms with Crippen molar-refractivity contribution in [3.8, 4) is 0 Å². The Morgan fingerprint density at radius 1 is 1.19 bits per heavy atom. The number of carbonyl (C=O) groups is 1. The molecule has 168 valence electrons. The van der Waals surface area contributed by atoms with E-state index in [0.29, 0.717) is 5.56 Å². The number of aromatic nitrogens is 2. The predicted molar refractivity (Wildman–Crippen MR) is 117 cm³/mol.